The summed E-state index contributed by atoms with van der Waals surface area (Å²) in [7, 11) is 0. The van der Waals surface area contributed by atoms with Crippen LogP contribution in [0.5, 0.6) is 0 Å². The van der Waals surface area contributed by atoms with Gasteiger partial charge in [-0.3, -0.25) is 0 Å². The van der Waals surface area contributed by atoms with Gasteiger partial charge in [0.1, 0.15) is 12.0 Å². The molecule has 0 spiro atoms. The lowest BCUT2D eigenvalue weighted by atomic mass is 10.4. The van der Waals surface area contributed by atoms with E-state index in [2.05, 4.69) is 15.3 Å². The average Bonchev–Trinajstić information content (AvgIpc) is 2.29. The Bertz CT molecular complexity index is 324. The van der Waals surface area contributed by atoms with Gasteiger partial charge in [-0.05, 0) is 6.42 Å². The molecule has 7 heteroatoms. The van der Waals surface area contributed by atoms with Gasteiger partial charge in [0.25, 0.3) is 0 Å². The molecule has 1 aromatic heterocycles. The fourth-order valence-electron chi connectivity index (χ4n) is 1.06. The lowest BCUT2D eigenvalue weighted by molar-refractivity contribution is 0.0922. The molecule has 90 valence electrons. The molecule has 0 atom stereocenters. The van der Waals surface area contributed by atoms with E-state index < -0.39 is 0 Å². The van der Waals surface area contributed by atoms with Crippen molar-refractivity contribution in [2.45, 2.75) is 6.42 Å². The molecule has 0 aromatic carbocycles. The van der Waals surface area contributed by atoms with Crippen LogP contribution in [0.3, 0.4) is 0 Å². The van der Waals surface area contributed by atoms with E-state index in [-0.39, 0.29) is 11.8 Å². The number of nitrogen functional groups attached to an aromatic ring is 1. The summed E-state index contributed by atoms with van der Waals surface area (Å²) in [4.78, 5) is 7.71. The van der Waals surface area contributed by atoms with Crippen LogP contribution in [-0.2, 0) is 4.74 Å². The second-order valence-corrected chi connectivity index (χ2v) is 3.40. The van der Waals surface area contributed by atoms with E-state index in [1.54, 1.807) is 0 Å². The third-order valence-corrected chi connectivity index (χ3v) is 2.13. The van der Waals surface area contributed by atoms with Crippen molar-refractivity contribution in [3.63, 3.8) is 0 Å². The maximum absolute atomic E-state index is 8.48. The summed E-state index contributed by atoms with van der Waals surface area (Å²) in [6.45, 7) is 1.65. The lowest BCUT2D eigenvalue weighted by Gasteiger charge is -2.08. The van der Waals surface area contributed by atoms with Gasteiger partial charge in [-0.2, -0.15) is 0 Å². The van der Waals surface area contributed by atoms with Gasteiger partial charge >= 0.3 is 0 Å². The molecule has 4 N–H and O–H groups in total. The highest BCUT2D eigenvalue weighted by Gasteiger charge is 2.04. The number of nitrogens with two attached hydrogens (primary N) is 1. The number of aliphatic hydroxyl groups is 1. The Balaban J connectivity index is 2.24. The Morgan fingerprint density at radius 2 is 2.25 bits per heavy atom. The predicted octanol–water partition coefficient (Wildman–Crippen LogP) is 0.523. The third kappa shape index (κ3) is 4.18. The summed E-state index contributed by atoms with van der Waals surface area (Å²) >= 11 is 5.73. The minimum absolute atomic E-state index is 0.0435. The first-order chi connectivity index (χ1) is 7.75. The zero-order valence-corrected chi connectivity index (χ0v) is 9.57. The zero-order chi connectivity index (χ0) is 11.8. The summed E-state index contributed by atoms with van der Waals surface area (Å²) in [5.74, 6) is 0.530. The Kier molecular flexibility index (Phi) is 5.84. The highest BCUT2D eigenvalue weighted by Crippen LogP contribution is 2.21. The number of rotatable bonds is 7. The largest absolute Gasteiger partial charge is 0.394 e. The van der Waals surface area contributed by atoms with E-state index >= 15 is 0 Å². The molecule has 16 heavy (non-hydrogen) atoms. The molecule has 6 nitrogen and oxygen atoms in total. The number of ether oxygens (including phenoxy) is 1. The quantitative estimate of drug-likeness (QED) is 0.480. The Hall–Kier alpha value is -1.11. The molecule has 0 saturated carbocycles. The Morgan fingerprint density at radius 1 is 1.44 bits per heavy atom. The van der Waals surface area contributed by atoms with E-state index in [1.165, 1.54) is 6.33 Å². The Labute approximate surface area is 98.8 Å². The summed E-state index contributed by atoms with van der Waals surface area (Å²) in [6.07, 6.45) is 2.14. The molecule has 0 bridgehead atoms. The van der Waals surface area contributed by atoms with E-state index in [0.717, 1.165) is 6.42 Å². The standard InChI is InChI=1S/C9H15ClN4O2/c10-8-7(11)9(14-6-13-8)12-2-1-4-16-5-3-15/h6,15H,1-5,11H2,(H,12,13,14). The van der Waals surface area contributed by atoms with Crippen molar-refractivity contribution in [2.75, 3.05) is 37.4 Å². The van der Waals surface area contributed by atoms with Crippen LogP contribution >= 0.6 is 11.6 Å². The molecule has 0 aliphatic heterocycles. The molecule has 0 fully saturated rings. The number of hydrogen-bond donors (Lipinski definition) is 3. The van der Waals surface area contributed by atoms with Crippen LogP contribution in [0.15, 0.2) is 6.33 Å². The minimum atomic E-state index is 0.0435. The van der Waals surface area contributed by atoms with Crippen LogP contribution in [0.1, 0.15) is 6.42 Å². The van der Waals surface area contributed by atoms with Crippen molar-refractivity contribution in [3.05, 3.63) is 11.5 Å². The number of halogens is 1. The van der Waals surface area contributed by atoms with Crippen LogP contribution in [0.4, 0.5) is 11.5 Å². The SMILES string of the molecule is Nc1c(Cl)ncnc1NCCCOCCO. The van der Waals surface area contributed by atoms with Gasteiger partial charge in [0.2, 0.25) is 0 Å². The van der Waals surface area contributed by atoms with Gasteiger partial charge in [0.15, 0.2) is 11.0 Å². The summed E-state index contributed by atoms with van der Waals surface area (Å²) < 4.78 is 5.09. The first kappa shape index (κ1) is 13.0. The van der Waals surface area contributed by atoms with Crippen molar-refractivity contribution in [1.82, 2.24) is 9.97 Å². The van der Waals surface area contributed by atoms with Gasteiger partial charge in [-0.1, -0.05) is 11.6 Å². The Morgan fingerprint density at radius 3 is 3.00 bits per heavy atom. The number of hydrogen-bond acceptors (Lipinski definition) is 6. The van der Waals surface area contributed by atoms with Crippen molar-refractivity contribution >= 4 is 23.1 Å². The summed E-state index contributed by atoms with van der Waals surface area (Å²) in [5.41, 5.74) is 6.01. The normalized spacial score (nSPS) is 10.4. The van der Waals surface area contributed by atoms with Crippen molar-refractivity contribution in [1.29, 1.82) is 0 Å². The van der Waals surface area contributed by atoms with Crippen molar-refractivity contribution in [3.8, 4) is 0 Å². The van der Waals surface area contributed by atoms with Gasteiger partial charge in [-0.15, -0.1) is 0 Å². The molecule has 0 aliphatic rings. The summed E-state index contributed by atoms with van der Waals surface area (Å²) in [5, 5.41) is 11.8. The second kappa shape index (κ2) is 7.21. The first-order valence-corrected chi connectivity index (χ1v) is 5.32. The van der Waals surface area contributed by atoms with Gasteiger partial charge in [0.05, 0.1) is 13.2 Å². The maximum atomic E-state index is 8.48. The molecule has 0 aliphatic carbocycles. The van der Waals surface area contributed by atoms with E-state index in [4.69, 9.17) is 27.2 Å². The monoisotopic (exact) mass is 246 g/mol. The molecule has 0 radical (unpaired) electrons. The first-order valence-electron chi connectivity index (χ1n) is 4.94. The highest BCUT2D eigenvalue weighted by molar-refractivity contribution is 6.32. The second-order valence-electron chi connectivity index (χ2n) is 3.04. The summed E-state index contributed by atoms with van der Waals surface area (Å²) in [6, 6.07) is 0. The van der Waals surface area contributed by atoms with Crippen molar-refractivity contribution < 1.29 is 9.84 Å². The number of aromatic nitrogens is 2. The molecule has 1 aromatic rings. The zero-order valence-electron chi connectivity index (χ0n) is 8.82. The fraction of sp³-hybridized carbons (Fsp3) is 0.556. The van der Waals surface area contributed by atoms with E-state index in [0.29, 0.717) is 31.3 Å². The molecular formula is C9H15ClN4O2. The highest BCUT2D eigenvalue weighted by atomic mass is 35.5. The topological polar surface area (TPSA) is 93.3 Å². The molecule has 0 unspecified atom stereocenters. The lowest BCUT2D eigenvalue weighted by Crippen LogP contribution is -2.10. The number of nitrogens with zero attached hydrogens (tertiary/aromatic N) is 2. The molecular weight excluding hydrogens is 232 g/mol. The van der Waals surface area contributed by atoms with Crippen LogP contribution < -0.4 is 11.1 Å². The minimum Gasteiger partial charge on any atom is -0.394 e. The fourth-order valence-corrected chi connectivity index (χ4v) is 1.20. The maximum Gasteiger partial charge on any atom is 0.157 e. The van der Waals surface area contributed by atoms with Crippen LogP contribution in [0, 0.1) is 0 Å². The van der Waals surface area contributed by atoms with E-state index in [9.17, 15) is 0 Å². The van der Waals surface area contributed by atoms with Gasteiger partial charge in [-0.25, -0.2) is 9.97 Å². The smallest absolute Gasteiger partial charge is 0.157 e. The number of anilines is 2. The van der Waals surface area contributed by atoms with Crippen molar-refractivity contribution in [2.24, 2.45) is 0 Å². The number of nitrogens with one attached hydrogen (secondary N) is 1. The predicted molar refractivity (Wildman–Crippen MR) is 62.5 cm³/mol. The molecule has 1 rings (SSSR count). The molecule has 1 heterocycles. The number of aliphatic hydroxyl groups excluding tert-OH is 1. The molecule has 0 saturated heterocycles. The van der Waals surface area contributed by atoms with Crippen LogP contribution in [-0.4, -0.2) is 41.4 Å². The molecule has 0 amide bonds. The van der Waals surface area contributed by atoms with Gasteiger partial charge in [0, 0.05) is 13.2 Å². The van der Waals surface area contributed by atoms with Gasteiger partial charge < -0.3 is 20.9 Å². The van der Waals surface area contributed by atoms with E-state index in [1.807, 2.05) is 0 Å². The van der Waals surface area contributed by atoms with Crippen LogP contribution in [0.25, 0.3) is 0 Å². The van der Waals surface area contributed by atoms with Crippen LogP contribution in [0.2, 0.25) is 5.15 Å². The average molecular weight is 247 g/mol. The third-order valence-electron chi connectivity index (χ3n) is 1.83.